The Kier molecular flexibility index (Phi) is 15.2. The number of aliphatic hydroxyl groups is 1. The zero-order valence-electron chi connectivity index (χ0n) is 39.1. The van der Waals surface area contributed by atoms with Crippen molar-refractivity contribution in [1.29, 1.82) is 0 Å². The lowest BCUT2D eigenvalue weighted by atomic mass is 9.81. The van der Waals surface area contributed by atoms with Crippen LogP contribution in [0.3, 0.4) is 0 Å². The number of ether oxygens (including phenoxy) is 1. The fourth-order valence-electron chi connectivity index (χ4n) is 9.74. The van der Waals surface area contributed by atoms with Gasteiger partial charge >= 0.3 is 5.97 Å². The van der Waals surface area contributed by atoms with Gasteiger partial charge in [0.2, 0.25) is 23.6 Å². The molecule has 68 heavy (non-hydrogen) atoms. The number of halogens is 1. The molecule has 7 N–H and O–H groups in total. The number of aromatic nitrogens is 2. The molecule has 0 bridgehead atoms. The molecule has 0 saturated carbocycles. The molecule has 1 aromatic carbocycles. The van der Waals surface area contributed by atoms with Gasteiger partial charge in [-0.2, -0.15) is 0 Å². The summed E-state index contributed by atoms with van der Waals surface area (Å²) in [4.78, 5) is 110. The van der Waals surface area contributed by atoms with Crippen LogP contribution >= 0.6 is 0 Å². The molecule has 4 atom stereocenters. The summed E-state index contributed by atoms with van der Waals surface area (Å²) in [6, 6.07) is 0.578. The van der Waals surface area contributed by atoms with E-state index in [1.807, 2.05) is 0 Å². The number of hydrogen-bond donors (Lipinski definition) is 6. The van der Waals surface area contributed by atoms with Crippen LogP contribution in [0.25, 0.3) is 22.3 Å². The third-order valence-corrected chi connectivity index (χ3v) is 13.6. The lowest BCUT2D eigenvalue weighted by molar-refractivity contribution is -0.172. The Hall–Kier alpha value is -6.34. The number of nitrogens with zero attached hydrogens (tertiary/aromatic N) is 3. The number of hydrogen-bond acceptors (Lipinski definition) is 12. The first-order valence-electron chi connectivity index (χ1n) is 23.7. The molecule has 4 aliphatic rings. The summed E-state index contributed by atoms with van der Waals surface area (Å²) in [5.74, 6) is -3.87. The van der Waals surface area contributed by atoms with Gasteiger partial charge in [-0.05, 0) is 99.9 Å². The van der Waals surface area contributed by atoms with E-state index in [4.69, 9.17) is 15.5 Å². The second-order valence-electron chi connectivity index (χ2n) is 18.5. The van der Waals surface area contributed by atoms with Crippen LogP contribution in [-0.4, -0.2) is 92.7 Å². The molecular weight excluding hydrogens is 880 g/mol. The van der Waals surface area contributed by atoms with E-state index in [0.29, 0.717) is 91.3 Å². The smallest absolute Gasteiger partial charge is 0.343 e. The fraction of sp³-hybridized carbons (Fsp3) is 0.531. The van der Waals surface area contributed by atoms with Crippen molar-refractivity contribution in [3.05, 3.63) is 73.8 Å². The van der Waals surface area contributed by atoms with Gasteiger partial charge in [0.25, 0.3) is 17.4 Å². The van der Waals surface area contributed by atoms with Gasteiger partial charge in [-0.1, -0.05) is 27.2 Å². The normalized spacial score (nSPS) is 18.8. The highest BCUT2D eigenvalue weighted by atomic mass is 19.1. The average molecular weight is 941 g/mol. The van der Waals surface area contributed by atoms with Crippen molar-refractivity contribution in [3.8, 4) is 11.4 Å². The molecule has 0 radical (unpaired) electrons. The Labute approximate surface area is 393 Å². The van der Waals surface area contributed by atoms with E-state index in [9.17, 15) is 43.5 Å². The summed E-state index contributed by atoms with van der Waals surface area (Å²) in [6.07, 6.45) is 6.86. The van der Waals surface area contributed by atoms with Crippen molar-refractivity contribution in [2.45, 2.75) is 142 Å². The molecule has 0 fully saturated rings. The Morgan fingerprint density at radius 2 is 1.68 bits per heavy atom. The number of unbranched alkanes of at least 4 members (excludes halogenated alkanes) is 3. The summed E-state index contributed by atoms with van der Waals surface area (Å²) in [6.45, 7) is 7.49. The molecule has 19 heteroatoms. The zero-order chi connectivity index (χ0) is 49.0. The maximum Gasteiger partial charge on any atom is 0.343 e. The highest BCUT2D eigenvalue weighted by molar-refractivity contribution is 6.12. The minimum absolute atomic E-state index is 0.0261. The summed E-state index contributed by atoms with van der Waals surface area (Å²) < 4.78 is 22.1. The second kappa shape index (κ2) is 20.9. The summed E-state index contributed by atoms with van der Waals surface area (Å²) in [5.41, 5.74) is 7.36. The third-order valence-electron chi connectivity index (χ3n) is 13.6. The number of amides is 6. The predicted octanol–water partition coefficient (Wildman–Crippen LogP) is 2.77. The summed E-state index contributed by atoms with van der Waals surface area (Å²) in [7, 11) is 0. The molecular formula is C49H61FN8O10. The molecule has 18 nitrogen and oxygen atoms in total. The first kappa shape index (κ1) is 49.6. The van der Waals surface area contributed by atoms with Crippen LogP contribution in [0.2, 0.25) is 0 Å². The number of esters is 1. The number of nitrogens with one attached hydrogen (secondary N) is 4. The molecule has 7 rings (SSSR count). The van der Waals surface area contributed by atoms with E-state index in [1.165, 1.54) is 22.8 Å². The largest absolute Gasteiger partial charge is 0.458 e. The first-order chi connectivity index (χ1) is 32.5. The third kappa shape index (κ3) is 9.95. The van der Waals surface area contributed by atoms with Gasteiger partial charge in [0.1, 0.15) is 24.5 Å². The second-order valence-corrected chi connectivity index (χ2v) is 18.5. The number of carbonyl (C=O) groups is 7. The van der Waals surface area contributed by atoms with Gasteiger partial charge in [-0.25, -0.2) is 14.2 Å². The molecule has 6 amide bonds. The standard InChI is InChI=1S/C49H61FN8O10/c1-5-49(67)31-22-36-44-29(24-58(36)47(65)30(31)25-68-48(49)66)42-33(16-15-28-27(4)32(50)23-35(54-44)41(28)42)53-37(59)14-11-20-52-45(63)34(12-8-9-19-51)55-46(64)43(26(2)3)56-38(60)13-7-6-10-21-57-39(61)17-18-40(57)62/h17-18,22-23,26,33-34,43,67H,5-16,19-21,24-25,51H2,1-4H3,(H,52,63)(H,53,59)(H,55,64)(H,56,60)/t33-,34?,43?,49-/m0/s1. The van der Waals surface area contributed by atoms with Gasteiger partial charge in [-0.3, -0.25) is 38.5 Å². The Balaban J connectivity index is 0.974. The van der Waals surface area contributed by atoms with Crippen molar-refractivity contribution in [3.63, 3.8) is 0 Å². The highest BCUT2D eigenvalue weighted by Gasteiger charge is 2.46. The van der Waals surface area contributed by atoms with E-state index in [-0.39, 0.29) is 92.6 Å². The van der Waals surface area contributed by atoms with Gasteiger partial charge in [0, 0.05) is 60.7 Å². The lowest BCUT2D eigenvalue weighted by Gasteiger charge is -2.31. The predicted molar refractivity (Wildman–Crippen MR) is 247 cm³/mol. The molecule has 0 spiro atoms. The molecule has 364 valence electrons. The molecule has 2 aromatic heterocycles. The van der Waals surface area contributed by atoms with Crippen molar-refractivity contribution in [2.24, 2.45) is 11.7 Å². The molecule has 3 aromatic rings. The number of rotatable bonds is 21. The quantitative estimate of drug-likeness (QED) is 0.0401. The zero-order valence-corrected chi connectivity index (χ0v) is 39.1. The molecule has 0 saturated heterocycles. The number of cyclic esters (lactones) is 1. The number of fused-ring (bicyclic) bond motifs is 5. The summed E-state index contributed by atoms with van der Waals surface area (Å²) >= 11 is 0. The minimum atomic E-state index is -2.03. The molecule has 3 aliphatic heterocycles. The van der Waals surface area contributed by atoms with Gasteiger partial charge < -0.3 is 41.4 Å². The van der Waals surface area contributed by atoms with Gasteiger partial charge in [-0.15, -0.1) is 0 Å². The van der Waals surface area contributed by atoms with Crippen molar-refractivity contribution in [2.75, 3.05) is 19.6 Å². The Morgan fingerprint density at radius 3 is 2.38 bits per heavy atom. The van der Waals surface area contributed by atoms with E-state index in [0.717, 1.165) is 16.0 Å². The van der Waals surface area contributed by atoms with Crippen LogP contribution in [0, 0.1) is 18.7 Å². The Morgan fingerprint density at radius 1 is 0.941 bits per heavy atom. The van der Waals surface area contributed by atoms with Gasteiger partial charge in [0.15, 0.2) is 5.60 Å². The minimum Gasteiger partial charge on any atom is -0.458 e. The Bertz CT molecular complexity index is 2630. The van der Waals surface area contributed by atoms with Crippen LogP contribution < -0.4 is 32.6 Å². The van der Waals surface area contributed by atoms with E-state index in [2.05, 4.69) is 21.3 Å². The van der Waals surface area contributed by atoms with Crippen LogP contribution in [0.15, 0.2) is 29.1 Å². The lowest BCUT2D eigenvalue weighted by Crippen LogP contribution is -2.55. The maximum atomic E-state index is 15.4. The monoisotopic (exact) mass is 940 g/mol. The van der Waals surface area contributed by atoms with Crippen LogP contribution in [0.1, 0.15) is 131 Å². The fourth-order valence-corrected chi connectivity index (χ4v) is 9.74. The number of benzene rings is 1. The molecule has 2 unspecified atom stereocenters. The van der Waals surface area contributed by atoms with Gasteiger partial charge in [0.05, 0.1) is 35.1 Å². The van der Waals surface area contributed by atoms with E-state index < -0.39 is 52.9 Å². The van der Waals surface area contributed by atoms with Crippen molar-refractivity contribution in [1.82, 2.24) is 35.7 Å². The number of nitrogens with two attached hydrogens (primary N) is 1. The number of carbonyl (C=O) groups excluding carboxylic acids is 7. The summed E-state index contributed by atoms with van der Waals surface area (Å²) in [5, 5.41) is 23.7. The van der Waals surface area contributed by atoms with E-state index >= 15 is 4.39 Å². The van der Waals surface area contributed by atoms with E-state index in [1.54, 1.807) is 33.8 Å². The maximum absolute atomic E-state index is 15.4. The molecule has 1 aliphatic carbocycles. The van der Waals surface area contributed by atoms with Crippen molar-refractivity contribution < 1.29 is 47.8 Å². The number of pyridine rings is 2. The van der Waals surface area contributed by atoms with Crippen molar-refractivity contribution >= 4 is 52.3 Å². The first-order valence-corrected chi connectivity index (χ1v) is 23.7. The highest BCUT2D eigenvalue weighted by Crippen LogP contribution is 2.46. The van der Waals surface area contributed by atoms with Crippen LogP contribution in [0.4, 0.5) is 4.39 Å². The SMILES string of the molecule is CC[C@@]1(O)C(=O)OCc2c1cc1n(c2=O)Cc2c-1nc1cc(F)c(C)c3c1c2[C@@H](NC(=O)CCCNC(=O)C(CCCCN)NC(=O)C(NC(=O)CCCCCN1C(=O)C=CC1=O)C(C)C)CC3. The number of aryl methyl sites for hydroxylation is 1. The topological polar surface area (TPSA) is 261 Å². The van der Waals surface area contributed by atoms with Crippen LogP contribution in [-0.2, 0) is 63.5 Å². The number of imide groups is 1. The average Bonchev–Trinajstić information content (AvgIpc) is 3.84. The van der Waals surface area contributed by atoms with Crippen LogP contribution in [0.5, 0.6) is 0 Å². The molecule has 5 heterocycles.